The van der Waals surface area contributed by atoms with Crippen molar-refractivity contribution in [3.05, 3.63) is 95.6 Å². The van der Waals surface area contributed by atoms with Crippen LogP contribution >= 0.6 is 0 Å². The molecular weight excluding hydrogens is 546 g/mol. The topological polar surface area (TPSA) is 105 Å². The van der Waals surface area contributed by atoms with Crippen molar-refractivity contribution in [3.8, 4) is 11.1 Å². The maximum Gasteiger partial charge on any atom is 0.407 e. The zero-order valence-electron chi connectivity index (χ0n) is 24.7. The van der Waals surface area contributed by atoms with E-state index in [1.54, 1.807) is 13.8 Å². The first kappa shape index (κ1) is 29.8. The lowest BCUT2D eigenvalue weighted by Crippen LogP contribution is -2.55. The van der Waals surface area contributed by atoms with E-state index in [2.05, 4.69) is 17.4 Å². The van der Waals surface area contributed by atoms with Crippen LogP contribution in [0.3, 0.4) is 0 Å². The quantitative estimate of drug-likeness (QED) is 0.337. The van der Waals surface area contributed by atoms with Gasteiger partial charge >= 0.3 is 18.1 Å². The van der Waals surface area contributed by atoms with E-state index in [9.17, 15) is 19.2 Å². The lowest BCUT2D eigenvalue weighted by atomic mass is 9.98. The number of esters is 1. The van der Waals surface area contributed by atoms with Crippen LogP contribution in [0.5, 0.6) is 0 Å². The van der Waals surface area contributed by atoms with Gasteiger partial charge < -0.3 is 19.7 Å². The largest absolute Gasteiger partial charge is 0.467 e. The highest BCUT2D eigenvalue weighted by atomic mass is 16.5. The molecular formula is C34H37N3O6. The van der Waals surface area contributed by atoms with Gasteiger partial charge in [-0.1, -0.05) is 92.7 Å². The Morgan fingerprint density at radius 1 is 0.907 bits per heavy atom. The molecule has 2 aliphatic rings. The van der Waals surface area contributed by atoms with Gasteiger partial charge in [-0.05, 0) is 46.6 Å². The lowest BCUT2D eigenvalue weighted by Gasteiger charge is -2.28. The predicted octanol–water partition coefficient (Wildman–Crippen LogP) is 4.99. The molecule has 1 saturated heterocycles. The van der Waals surface area contributed by atoms with E-state index in [-0.39, 0.29) is 25.0 Å². The van der Waals surface area contributed by atoms with Gasteiger partial charge in [0.25, 0.3) is 5.91 Å². The summed E-state index contributed by atoms with van der Waals surface area (Å²) in [6.45, 7) is 4.01. The second-order valence-corrected chi connectivity index (χ2v) is 11.3. The number of ether oxygens (including phenoxy) is 2. The summed E-state index contributed by atoms with van der Waals surface area (Å²) in [5.41, 5.74) is 5.50. The van der Waals surface area contributed by atoms with Gasteiger partial charge in [-0.3, -0.25) is 4.79 Å². The normalized spacial score (nSPS) is 16.6. The fraction of sp³-hybridized carbons (Fsp3) is 0.353. The van der Waals surface area contributed by atoms with E-state index in [0.717, 1.165) is 39.1 Å². The number of hydrogen-bond donors (Lipinski definition) is 1. The Hall–Kier alpha value is -4.66. The first-order chi connectivity index (χ1) is 20.8. The summed E-state index contributed by atoms with van der Waals surface area (Å²) < 4.78 is 10.6. The Balaban J connectivity index is 1.25. The molecule has 1 aliphatic heterocycles. The van der Waals surface area contributed by atoms with Gasteiger partial charge in [-0.2, -0.15) is 0 Å². The van der Waals surface area contributed by atoms with Crippen molar-refractivity contribution in [2.75, 3.05) is 26.8 Å². The number of nitrogens with zero attached hydrogens (tertiary/aromatic N) is 2. The van der Waals surface area contributed by atoms with E-state index < -0.39 is 36.1 Å². The van der Waals surface area contributed by atoms with E-state index >= 15 is 0 Å². The van der Waals surface area contributed by atoms with E-state index in [0.29, 0.717) is 13.0 Å². The van der Waals surface area contributed by atoms with Crippen molar-refractivity contribution < 1.29 is 28.7 Å². The molecule has 4 amide bonds. The lowest BCUT2D eigenvalue weighted by molar-refractivity contribution is -0.149. The van der Waals surface area contributed by atoms with Crippen LogP contribution in [-0.2, 0) is 25.5 Å². The average Bonchev–Trinajstić information content (AvgIpc) is 3.52. The van der Waals surface area contributed by atoms with Gasteiger partial charge in [0.1, 0.15) is 12.6 Å². The number of amides is 4. The van der Waals surface area contributed by atoms with Crippen molar-refractivity contribution in [2.45, 2.75) is 44.7 Å². The number of rotatable bonds is 10. The molecule has 1 heterocycles. The molecule has 2 unspecified atom stereocenters. The van der Waals surface area contributed by atoms with Crippen molar-refractivity contribution in [1.29, 1.82) is 0 Å². The molecule has 224 valence electrons. The number of nitrogens with one attached hydrogen (secondary N) is 1. The number of fused-ring (bicyclic) bond motifs is 3. The van der Waals surface area contributed by atoms with Crippen LogP contribution < -0.4 is 5.32 Å². The number of hydrogen-bond acceptors (Lipinski definition) is 6. The molecule has 1 aliphatic carbocycles. The van der Waals surface area contributed by atoms with Crippen molar-refractivity contribution in [2.24, 2.45) is 5.92 Å². The molecule has 0 radical (unpaired) electrons. The molecule has 0 saturated carbocycles. The number of alkyl carbamates (subject to hydrolysis) is 1. The highest BCUT2D eigenvalue weighted by Crippen LogP contribution is 2.44. The van der Waals surface area contributed by atoms with Crippen LogP contribution in [0, 0.1) is 5.92 Å². The summed E-state index contributed by atoms with van der Waals surface area (Å²) in [7, 11) is 1.22. The molecule has 0 spiro atoms. The van der Waals surface area contributed by atoms with Crippen molar-refractivity contribution in [3.63, 3.8) is 0 Å². The first-order valence-corrected chi connectivity index (χ1v) is 14.6. The van der Waals surface area contributed by atoms with E-state index in [1.807, 2.05) is 66.7 Å². The fourth-order valence-corrected chi connectivity index (χ4v) is 5.95. The van der Waals surface area contributed by atoms with Gasteiger partial charge in [0.05, 0.1) is 13.7 Å². The highest BCUT2D eigenvalue weighted by molar-refractivity contribution is 6.04. The third-order valence-electron chi connectivity index (χ3n) is 8.18. The summed E-state index contributed by atoms with van der Waals surface area (Å²) >= 11 is 0. The van der Waals surface area contributed by atoms with Crippen LogP contribution in [-0.4, -0.2) is 72.7 Å². The molecule has 0 bridgehead atoms. The SMILES string of the molecule is COC(=O)C1CN(CCCc2ccccc2)C(=O)N1C(=O)C(NC(=O)OCC1c2ccccc2-c2ccccc21)C(C)C. The Labute approximate surface area is 251 Å². The zero-order chi connectivity index (χ0) is 30.5. The second-order valence-electron chi connectivity index (χ2n) is 11.3. The third kappa shape index (κ3) is 6.26. The Morgan fingerprint density at radius 2 is 1.51 bits per heavy atom. The van der Waals surface area contributed by atoms with Gasteiger partial charge in [0, 0.05) is 12.5 Å². The predicted molar refractivity (Wildman–Crippen MR) is 161 cm³/mol. The number of carbonyl (C=O) groups excluding carboxylic acids is 4. The summed E-state index contributed by atoms with van der Waals surface area (Å²) in [5, 5.41) is 2.67. The number of urea groups is 1. The Morgan fingerprint density at radius 3 is 2.12 bits per heavy atom. The molecule has 3 aromatic rings. The standard InChI is InChI=1S/C34H37N3O6/c1-22(2)30(35-33(40)43-21-28-26-17-9-7-15-24(26)25-16-8-10-18-27(25)28)31(38)37-29(32(39)42-3)20-36(34(37)41)19-11-14-23-12-5-4-6-13-23/h4-10,12-13,15-18,22,28-30H,11,14,19-21H2,1-3H3,(H,35,40). The van der Waals surface area contributed by atoms with Gasteiger partial charge in [0.15, 0.2) is 6.04 Å². The molecule has 2 atom stereocenters. The van der Waals surface area contributed by atoms with E-state index in [4.69, 9.17) is 9.47 Å². The maximum atomic E-state index is 13.8. The summed E-state index contributed by atoms with van der Waals surface area (Å²) in [4.78, 5) is 55.4. The molecule has 1 N–H and O–H groups in total. The molecule has 43 heavy (non-hydrogen) atoms. The molecule has 3 aromatic carbocycles. The fourth-order valence-electron chi connectivity index (χ4n) is 5.95. The van der Waals surface area contributed by atoms with E-state index in [1.165, 1.54) is 12.0 Å². The maximum absolute atomic E-state index is 13.8. The number of imide groups is 1. The minimum Gasteiger partial charge on any atom is -0.467 e. The molecule has 9 nitrogen and oxygen atoms in total. The minimum absolute atomic E-state index is 0.0296. The van der Waals surface area contributed by atoms with Gasteiger partial charge in [-0.15, -0.1) is 0 Å². The van der Waals surface area contributed by atoms with Crippen molar-refractivity contribution in [1.82, 2.24) is 15.1 Å². The van der Waals surface area contributed by atoms with Crippen LogP contribution in [0.15, 0.2) is 78.9 Å². The highest BCUT2D eigenvalue weighted by Gasteiger charge is 2.48. The number of carbonyl (C=O) groups is 4. The van der Waals surface area contributed by atoms with Crippen LogP contribution in [0.25, 0.3) is 11.1 Å². The number of methoxy groups -OCH3 is 1. The zero-order valence-corrected chi connectivity index (χ0v) is 24.7. The molecule has 5 rings (SSSR count). The summed E-state index contributed by atoms with van der Waals surface area (Å²) in [5.74, 6) is -1.88. The first-order valence-electron chi connectivity index (χ1n) is 14.6. The average molecular weight is 584 g/mol. The smallest absolute Gasteiger partial charge is 0.407 e. The minimum atomic E-state index is -1.10. The number of benzene rings is 3. The monoisotopic (exact) mass is 583 g/mol. The van der Waals surface area contributed by atoms with Crippen LogP contribution in [0.1, 0.15) is 42.9 Å². The summed E-state index contributed by atoms with van der Waals surface area (Å²) in [6, 6.07) is 23.2. The Kier molecular flexibility index (Phi) is 9.09. The molecule has 0 aromatic heterocycles. The third-order valence-corrected chi connectivity index (χ3v) is 8.18. The van der Waals surface area contributed by atoms with Gasteiger partial charge in [0.2, 0.25) is 0 Å². The molecule has 9 heteroatoms. The van der Waals surface area contributed by atoms with Crippen molar-refractivity contribution >= 4 is 24.0 Å². The Bertz CT molecular complexity index is 1440. The van der Waals surface area contributed by atoms with Crippen LogP contribution in [0.2, 0.25) is 0 Å². The van der Waals surface area contributed by atoms with Crippen LogP contribution in [0.4, 0.5) is 9.59 Å². The second kappa shape index (κ2) is 13.1. The summed E-state index contributed by atoms with van der Waals surface area (Å²) in [6.07, 6.45) is 0.645. The number of aryl methyl sites for hydroxylation is 1. The van der Waals surface area contributed by atoms with Gasteiger partial charge in [-0.25, -0.2) is 19.3 Å². The molecule has 1 fully saturated rings.